The van der Waals surface area contributed by atoms with Gasteiger partial charge in [0.15, 0.2) is 0 Å². The molecule has 144 valence electrons. The molecule has 0 spiro atoms. The number of fused-ring (bicyclic) bond motifs is 3. The molecule has 2 atom stereocenters. The van der Waals surface area contributed by atoms with Gasteiger partial charge in [0.05, 0.1) is 6.04 Å². The van der Waals surface area contributed by atoms with E-state index in [9.17, 15) is 9.59 Å². The molecule has 1 aromatic carbocycles. The molecule has 1 aromatic heterocycles. The maximum Gasteiger partial charge on any atom is 0.411 e. The number of rotatable bonds is 2. The summed E-state index contributed by atoms with van der Waals surface area (Å²) in [4.78, 5) is 33.3. The Morgan fingerprint density at radius 3 is 2.68 bits per heavy atom. The van der Waals surface area contributed by atoms with Crippen LogP contribution in [0.3, 0.4) is 0 Å². The van der Waals surface area contributed by atoms with Gasteiger partial charge in [-0.25, -0.2) is 9.78 Å². The summed E-state index contributed by atoms with van der Waals surface area (Å²) in [5.74, 6) is -0.0622. The Hall–Kier alpha value is -2.41. The minimum atomic E-state index is -0.220. The molecule has 3 heterocycles. The number of pyridine rings is 1. The van der Waals surface area contributed by atoms with Crippen molar-refractivity contribution in [2.45, 2.75) is 37.5 Å². The molecule has 6 nitrogen and oxygen atoms in total. The minimum Gasteiger partial charge on any atom is -0.443 e. The SMILES string of the molecule is O=C(c1cccc(Br)n1)N1CCC(N2C(=O)O[C@@H]3Cc4ccccc4[C@@H]32)CC1. The summed E-state index contributed by atoms with van der Waals surface area (Å²) in [6.45, 7) is 1.22. The molecule has 1 aliphatic carbocycles. The molecule has 2 amide bonds. The van der Waals surface area contributed by atoms with E-state index in [1.54, 1.807) is 12.1 Å². The number of amides is 2. The summed E-state index contributed by atoms with van der Waals surface area (Å²) in [6, 6.07) is 13.7. The molecule has 7 heteroatoms. The number of nitrogens with zero attached hydrogens (tertiary/aromatic N) is 3. The first-order chi connectivity index (χ1) is 13.6. The Labute approximate surface area is 171 Å². The Morgan fingerprint density at radius 2 is 1.89 bits per heavy atom. The highest BCUT2D eigenvalue weighted by Crippen LogP contribution is 2.44. The van der Waals surface area contributed by atoms with E-state index < -0.39 is 0 Å². The van der Waals surface area contributed by atoms with Gasteiger partial charge in [0, 0.05) is 25.6 Å². The van der Waals surface area contributed by atoms with Crippen LogP contribution in [-0.2, 0) is 11.2 Å². The third-order valence-electron chi connectivity index (χ3n) is 5.99. The monoisotopic (exact) mass is 441 g/mol. The predicted octanol–water partition coefficient (Wildman–Crippen LogP) is 3.57. The van der Waals surface area contributed by atoms with Crippen molar-refractivity contribution in [2.24, 2.45) is 0 Å². The molecular formula is C21H20BrN3O3. The molecule has 2 aromatic rings. The van der Waals surface area contributed by atoms with E-state index >= 15 is 0 Å². The van der Waals surface area contributed by atoms with E-state index in [-0.39, 0.29) is 30.2 Å². The number of hydrogen-bond donors (Lipinski definition) is 0. The van der Waals surface area contributed by atoms with Crippen LogP contribution in [-0.4, -0.2) is 52.0 Å². The molecular weight excluding hydrogens is 422 g/mol. The van der Waals surface area contributed by atoms with Crippen molar-refractivity contribution in [3.8, 4) is 0 Å². The maximum absolute atomic E-state index is 12.7. The summed E-state index contributed by atoms with van der Waals surface area (Å²) >= 11 is 3.31. The lowest BCUT2D eigenvalue weighted by molar-refractivity contribution is 0.0630. The molecule has 2 aliphatic heterocycles. The second kappa shape index (κ2) is 6.88. The topological polar surface area (TPSA) is 62.7 Å². The molecule has 0 bridgehead atoms. The lowest BCUT2D eigenvalue weighted by Gasteiger charge is -2.37. The summed E-state index contributed by atoms with van der Waals surface area (Å²) in [7, 11) is 0. The normalized spacial score (nSPS) is 24.1. The average Bonchev–Trinajstić information content (AvgIpc) is 3.22. The number of piperidine rings is 1. The molecule has 0 N–H and O–H groups in total. The number of ether oxygens (including phenoxy) is 1. The molecule has 28 heavy (non-hydrogen) atoms. The first-order valence-electron chi connectivity index (χ1n) is 9.60. The summed E-state index contributed by atoms with van der Waals surface area (Å²) in [5, 5.41) is 0. The number of aromatic nitrogens is 1. The maximum atomic E-state index is 12.7. The number of carbonyl (C=O) groups excluding carboxylic acids is 2. The Morgan fingerprint density at radius 1 is 1.11 bits per heavy atom. The lowest BCUT2D eigenvalue weighted by Crippen LogP contribution is -2.48. The fourth-order valence-corrected chi connectivity index (χ4v) is 5.03. The van der Waals surface area contributed by atoms with Crippen molar-refractivity contribution in [1.29, 1.82) is 0 Å². The van der Waals surface area contributed by atoms with Gasteiger partial charge in [-0.05, 0) is 52.0 Å². The lowest BCUT2D eigenvalue weighted by atomic mass is 9.99. The Kier molecular flexibility index (Phi) is 4.34. The van der Waals surface area contributed by atoms with E-state index in [0.29, 0.717) is 23.4 Å². The first kappa shape index (κ1) is 17.7. The smallest absolute Gasteiger partial charge is 0.411 e. The highest BCUT2D eigenvalue weighted by Gasteiger charge is 2.50. The van der Waals surface area contributed by atoms with Crippen molar-refractivity contribution in [3.63, 3.8) is 0 Å². The predicted molar refractivity (Wildman–Crippen MR) is 106 cm³/mol. The van der Waals surface area contributed by atoms with Gasteiger partial charge in [-0.3, -0.25) is 9.69 Å². The number of halogens is 1. The first-order valence-corrected chi connectivity index (χ1v) is 10.4. The fraction of sp³-hybridized carbons (Fsp3) is 0.381. The van der Waals surface area contributed by atoms with Crippen LogP contribution in [0.5, 0.6) is 0 Å². The van der Waals surface area contributed by atoms with Crippen LogP contribution in [0.1, 0.15) is 40.5 Å². The zero-order valence-electron chi connectivity index (χ0n) is 15.3. The van der Waals surface area contributed by atoms with E-state index in [2.05, 4.69) is 33.0 Å². The Bertz CT molecular complexity index is 942. The zero-order chi connectivity index (χ0) is 19.3. The third kappa shape index (κ3) is 2.89. The van der Waals surface area contributed by atoms with Crippen LogP contribution in [0.15, 0.2) is 47.1 Å². The van der Waals surface area contributed by atoms with Gasteiger partial charge in [0.25, 0.3) is 5.91 Å². The highest BCUT2D eigenvalue weighted by molar-refractivity contribution is 9.10. The second-order valence-electron chi connectivity index (χ2n) is 7.55. The number of hydrogen-bond acceptors (Lipinski definition) is 4. The summed E-state index contributed by atoms with van der Waals surface area (Å²) < 4.78 is 6.33. The van der Waals surface area contributed by atoms with E-state index in [0.717, 1.165) is 19.3 Å². The number of carbonyl (C=O) groups is 2. The van der Waals surface area contributed by atoms with Crippen LogP contribution in [0, 0.1) is 0 Å². The second-order valence-corrected chi connectivity index (χ2v) is 8.36. The van der Waals surface area contributed by atoms with Gasteiger partial charge < -0.3 is 9.64 Å². The van der Waals surface area contributed by atoms with Crippen molar-refractivity contribution < 1.29 is 14.3 Å². The highest BCUT2D eigenvalue weighted by atomic mass is 79.9. The van der Waals surface area contributed by atoms with Crippen LogP contribution >= 0.6 is 15.9 Å². The molecule has 3 aliphatic rings. The van der Waals surface area contributed by atoms with Crippen LogP contribution in [0.2, 0.25) is 0 Å². The van der Waals surface area contributed by atoms with Gasteiger partial charge in [-0.1, -0.05) is 30.3 Å². The van der Waals surface area contributed by atoms with E-state index in [1.165, 1.54) is 11.1 Å². The molecule has 0 saturated carbocycles. The van der Waals surface area contributed by atoms with Crippen molar-refractivity contribution >= 4 is 27.9 Å². The molecule has 5 rings (SSSR count). The van der Waals surface area contributed by atoms with Crippen molar-refractivity contribution in [1.82, 2.24) is 14.8 Å². The van der Waals surface area contributed by atoms with Crippen LogP contribution < -0.4 is 0 Å². The standard InChI is InChI=1S/C21H20BrN3O3/c22-18-7-3-6-16(23-18)20(26)24-10-8-14(9-11-24)25-19-15-5-2-1-4-13(15)12-17(19)28-21(25)27/h1-7,14,17,19H,8-12H2/t17-,19+/m1/s1. The molecule has 0 unspecified atom stereocenters. The van der Waals surface area contributed by atoms with Gasteiger partial charge in [0.2, 0.25) is 0 Å². The zero-order valence-corrected chi connectivity index (χ0v) is 16.8. The van der Waals surface area contributed by atoms with Gasteiger partial charge in [-0.15, -0.1) is 0 Å². The quantitative estimate of drug-likeness (QED) is 0.668. The average molecular weight is 442 g/mol. The molecule has 2 fully saturated rings. The molecule has 2 saturated heterocycles. The third-order valence-corrected chi connectivity index (χ3v) is 6.43. The van der Waals surface area contributed by atoms with Gasteiger partial charge >= 0.3 is 6.09 Å². The summed E-state index contributed by atoms with van der Waals surface area (Å²) in [5.41, 5.74) is 2.91. The summed E-state index contributed by atoms with van der Waals surface area (Å²) in [6.07, 6.45) is 1.98. The minimum absolute atomic E-state index is 0.00250. The van der Waals surface area contributed by atoms with Gasteiger partial charge in [-0.2, -0.15) is 0 Å². The van der Waals surface area contributed by atoms with E-state index in [4.69, 9.17) is 4.74 Å². The number of benzene rings is 1. The van der Waals surface area contributed by atoms with E-state index in [1.807, 2.05) is 28.0 Å². The molecule has 0 radical (unpaired) electrons. The number of likely N-dealkylation sites (tertiary alicyclic amines) is 1. The fourth-order valence-electron chi connectivity index (χ4n) is 4.69. The van der Waals surface area contributed by atoms with Crippen LogP contribution in [0.25, 0.3) is 0 Å². The largest absolute Gasteiger partial charge is 0.443 e. The Balaban J connectivity index is 1.30. The van der Waals surface area contributed by atoms with Crippen molar-refractivity contribution in [3.05, 3.63) is 63.9 Å². The van der Waals surface area contributed by atoms with Crippen molar-refractivity contribution in [2.75, 3.05) is 13.1 Å². The van der Waals surface area contributed by atoms with Gasteiger partial charge in [0.1, 0.15) is 16.4 Å². The van der Waals surface area contributed by atoms with Crippen LogP contribution in [0.4, 0.5) is 4.79 Å².